The molecule has 0 atom stereocenters. The summed E-state index contributed by atoms with van der Waals surface area (Å²) in [7, 11) is 0. The van der Waals surface area contributed by atoms with E-state index in [1.54, 1.807) is 15.9 Å². The molecule has 0 unspecified atom stereocenters. The third kappa shape index (κ3) is 2.25. The minimum absolute atomic E-state index is 0.0574. The molecule has 0 bridgehead atoms. The van der Waals surface area contributed by atoms with Gasteiger partial charge in [-0.1, -0.05) is 30.3 Å². The monoisotopic (exact) mass is 328 g/mol. The SMILES string of the molecule is O=c1c2c3c(sc2[nH]c(=S)n1Cc1ccccc1)CCCC3. The van der Waals surface area contributed by atoms with Crippen LogP contribution in [0.4, 0.5) is 0 Å². The number of hydrogen-bond acceptors (Lipinski definition) is 3. The van der Waals surface area contributed by atoms with Crippen molar-refractivity contribution in [3.05, 3.63) is 61.5 Å². The average molecular weight is 328 g/mol. The van der Waals surface area contributed by atoms with Gasteiger partial charge in [0, 0.05) is 4.88 Å². The van der Waals surface area contributed by atoms with Crippen molar-refractivity contribution in [2.24, 2.45) is 0 Å². The van der Waals surface area contributed by atoms with Crippen molar-refractivity contribution in [3.63, 3.8) is 0 Å². The van der Waals surface area contributed by atoms with Crippen LogP contribution in [0.3, 0.4) is 0 Å². The zero-order valence-electron chi connectivity index (χ0n) is 12.1. The quantitative estimate of drug-likeness (QED) is 0.721. The number of nitrogens with zero attached hydrogens (tertiary/aromatic N) is 1. The summed E-state index contributed by atoms with van der Waals surface area (Å²) in [6, 6.07) is 9.99. The second-order valence-electron chi connectivity index (χ2n) is 5.72. The molecule has 112 valence electrons. The van der Waals surface area contributed by atoms with Gasteiger partial charge < -0.3 is 4.98 Å². The number of aromatic amines is 1. The van der Waals surface area contributed by atoms with Crippen LogP contribution in [0.25, 0.3) is 10.2 Å². The van der Waals surface area contributed by atoms with E-state index in [4.69, 9.17) is 12.2 Å². The Kier molecular flexibility index (Phi) is 3.47. The second-order valence-corrected chi connectivity index (χ2v) is 7.21. The van der Waals surface area contributed by atoms with E-state index < -0.39 is 0 Å². The van der Waals surface area contributed by atoms with Crippen LogP contribution in [0.2, 0.25) is 0 Å². The van der Waals surface area contributed by atoms with Crippen molar-refractivity contribution >= 4 is 33.8 Å². The first-order valence-corrected chi connectivity index (χ1v) is 8.78. The molecular formula is C17H16N2OS2. The van der Waals surface area contributed by atoms with Crippen LogP contribution < -0.4 is 5.56 Å². The van der Waals surface area contributed by atoms with Gasteiger partial charge >= 0.3 is 0 Å². The Labute approximate surface area is 137 Å². The van der Waals surface area contributed by atoms with E-state index in [-0.39, 0.29) is 5.56 Å². The smallest absolute Gasteiger partial charge is 0.263 e. The van der Waals surface area contributed by atoms with E-state index in [1.807, 2.05) is 30.3 Å². The predicted molar refractivity (Wildman–Crippen MR) is 93.5 cm³/mol. The lowest BCUT2D eigenvalue weighted by Gasteiger charge is -2.11. The number of hydrogen-bond donors (Lipinski definition) is 1. The van der Waals surface area contributed by atoms with Gasteiger partial charge in [0.2, 0.25) is 0 Å². The molecule has 0 spiro atoms. The molecule has 3 aromatic rings. The van der Waals surface area contributed by atoms with E-state index in [0.717, 1.165) is 28.6 Å². The number of H-pyrrole nitrogens is 1. The highest BCUT2D eigenvalue weighted by Gasteiger charge is 2.20. The Morgan fingerprint density at radius 2 is 1.95 bits per heavy atom. The van der Waals surface area contributed by atoms with Crippen molar-refractivity contribution in [3.8, 4) is 0 Å². The molecule has 0 saturated carbocycles. The summed E-state index contributed by atoms with van der Waals surface area (Å²) in [6.45, 7) is 0.523. The van der Waals surface area contributed by atoms with Crippen LogP contribution in [0.1, 0.15) is 28.8 Å². The first-order chi connectivity index (χ1) is 10.7. The van der Waals surface area contributed by atoms with Gasteiger partial charge in [0.05, 0.1) is 11.9 Å². The number of aromatic nitrogens is 2. The first kappa shape index (κ1) is 13.9. The molecule has 0 radical (unpaired) electrons. The molecular weight excluding hydrogens is 312 g/mol. The summed E-state index contributed by atoms with van der Waals surface area (Å²) in [5, 5.41) is 0.865. The Bertz CT molecular complexity index is 950. The predicted octanol–water partition coefficient (Wildman–Crippen LogP) is 4.05. The van der Waals surface area contributed by atoms with E-state index in [9.17, 15) is 4.79 Å². The second kappa shape index (κ2) is 5.48. The Balaban J connectivity index is 1.92. The molecule has 1 N–H and O–H groups in total. The molecule has 0 amide bonds. The molecule has 4 rings (SSSR count). The van der Waals surface area contributed by atoms with Gasteiger partial charge in [-0.25, -0.2) is 0 Å². The normalized spacial score (nSPS) is 14.2. The highest BCUT2D eigenvalue weighted by Crippen LogP contribution is 2.33. The molecule has 0 fully saturated rings. The topological polar surface area (TPSA) is 37.8 Å². The van der Waals surface area contributed by atoms with Crippen molar-refractivity contribution in [2.45, 2.75) is 32.2 Å². The van der Waals surface area contributed by atoms with Crippen LogP contribution in [-0.4, -0.2) is 9.55 Å². The van der Waals surface area contributed by atoms with Crippen LogP contribution >= 0.6 is 23.6 Å². The van der Waals surface area contributed by atoms with Gasteiger partial charge in [-0.2, -0.15) is 0 Å². The maximum Gasteiger partial charge on any atom is 0.263 e. The highest BCUT2D eigenvalue weighted by molar-refractivity contribution is 7.71. The Morgan fingerprint density at radius 3 is 2.77 bits per heavy atom. The molecule has 3 nitrogen and oxygen atoms in total. The Hall–Kier alpha value is -1.72. The van der Waals surface area contributed by atoms with Gasteiger partial charge in [-0.3, -0.25) is 9.36 Å². The summed E-state index contributed by atoms with van der Waals surface area (Å²) < 4.78 is 2.20. The van der Waals surface area contributed by atoms with E-state index in [0.29, 0.717) is 11.3 Å². The molecule has 5 heteroatoms. The van der Waals surface area contributed by atoms with Crippen molar-refractivity contribution < 1.29 is 0 Å². The van der Waals surface area contributed by atoms with E-state index in [1.165, 1.54) is 23.3 Å². The zero-order valence-corrected chi connectivity index (χ0v) is 13.7. The molecule has 1 aliphatic carbocycles. The van der Waals surface area contributed by atoms with Gasteiger partial charge in [0.15, 0.2) is 4.77 Å². The maximum absolute atomic E-state index is 13.0. The van der Waals surface area contributed by atoms with Crippen molar-refractivity contribution in [2.75, 3.05) is 0 Å². The number of aryl methyl sites for hydroxylation is 2. The first-order valence-electron chi connectivity index (χ1n) is 7.55. The number of benzene rings is 1. The van der Waals surface area contributed by atoms with Crippen LogP contribution in [0, 0.1) is 4.77 Å². The van der Waals surface area contributed by atoms with Gasteiger partial charge in [-0.15, -0.1) is 11.3 Å². The fourth-order valence-electron chi connectivity index (χ4n) is 3.18. The largest absolute Gasteiger partial charge is 0.323 e. The zero-order chi connectivity index (χ0) is 15.1. The highest BCUT2D eigenvalue weighted by atomic mass is 32.1. The fourth-order valence-corrected chi connectivity index (χ4v) is 4.78. The minimum Gasteiger partial charge on any atom is -0.323 e. The van der Waals surface area contributed by atoms with E-state index >= 15 is 0 Å². The summed E-state index contributed by atoms with van der Waals surface area (Å²) in [5.41, 5.74) is 2.40. The molecule has 22 heavy (non-hydrogen) atoms. The fraction of sp³-hybridized carbons (Fsp3) is 0.294. The standard InChI is InChI=1S/C17H16N2OS2/c20-16-14-12-8-4-5-9-13(12)22-15(14)18-17(21)19(16)10-11-6-2-1-3-7-11/h1-3,6-7H,4-5,8-10H2,(H,18,21). The van der Waals surface area contributed by atoms with Crippen LogP contribution in [0.15, 0.2) is 35.1 Å². The van der Waals surface area contributed by atoms with Crippen LogP contribution in [-0.2, 0) is 19.4 Å². The summed E-state index contributed by atoms with van der Waals surface area (Å²) in [5.74, 6) is 0. The van der Waals surface area contributed by atoms with Crippen LogP contribution in [0.5, 0.6) is 0 Å². The van der Waals surface area contributed by atoms with Gasteiger partial charge in [0.1, 0.15) is 4.83 Å². The van der Waals surface area contributed by atoms with Gasteiger partial charge in [0.25, 0.3) is 5.56 Å². The number of thiophene rings is 1. The number of rotatable bonds is 2. The van der Waals surface area contributed by atoms with Crippen molar-refractivity contribution in [1.29, 1.82) is 0 Å². The third-order valence-corrected chi connectivity index (χ3v) is 5.81. The van der Waals surface area contributed by atoms with E-state index in [2.05, 4.69) is 4.98 Å². The third-order valence-electron chi connectivity index (χ3n) is 4.28. The number of nitrogens with one attached hydrogen (secondary N) is 1. The number of fused-ring (bicyclic) bond motifs is 3. The lowest BCUT2D eigenvalue weighted by atomic mass is 9.97. The minimum atomic E-state index is 0.0574. The molecule has 1 aliphatic rings. The Morgan fingerprint density at radius 1 is 1.18 bits per heavy atom. The molecule has 0 aliphatic heterocycles. The lowest BCUT2D eigenvalue weighted by Crippen LogP contribution is -2.23. The van der Waals surface area contributed by atoms with Crippen molar-refractivity contribution in [1.82, 2.24) is 9.55 Å². The summed E-state index contributed by atoms with van der Waals surface area (Å²) >= 11 is 7.13. The average Bonchev–Trinajstić information content (AvgIpc) is 2.90. The summed E-state index contributed by atoms with van der Waals surface area (Å²) in [4.78, 5) is 18.6. The summed E-state index contributed by atoms with van der Waals surface area (Å²) in [6.07, 6.45) is 4.50. The van der Waals surface area contributed by atoms with Gasteiger partial charge in [-0.05, 0) is 49.0 Å². The molecule has 0 saturated heterocycles. The molecule has 2 aromatic heterocycles. The molecule has 2 heterocycles. The molecule has 1 aromatic carbocycles. The maximum atomic E-state index is 13.0. The lowest BCUT2D eigenvalue weighted by molar-refractivity contribution is 0.696.